The van der Waals surface area contributed by atoms with E-state index in [9.17, 15) is 0 Å². The molecule has 0 aliphatic heterocycles. The number of likely N-dealkylation sites (N-methyl/N-ethyl adjacent to an activating group) is 1. The monoisotopic (exact) mass is 194 g/mol. The Labute approximate surface area is 84.5 Å². The summed E-state index contributed by atoms with van der Waals surface area (Å²) in [7, 11) is 1.95. The van der Waals surface area contributed by atoms with Crippen LogP contribution in [0.3, 0.4) is 0 Å². The fourth-order valence-electron chi connectivity index (χ4n) is 2.03. The highest BCUT2D eigenvalue weighted by molar-refractivity contribution is 5.00. The topological polar surface area (TPSA) is 53.6 Å². The summed E-state index contributed by atoms with van der Waals surface area (Å²) in [6.45, 7) is 0.958. The van der Waals surface area contributed by atoms with Gasteiger partial charge in [0.15, 0.2) is 5.82 Å². The summed E-state index contributed by atoms with van der Waals surface area (Å²) in [6, 6.07) is 0. The lowest BCUT2D eigenvalue weighted by Crippen LogP contribution is -2.11. The molecule has 0 spiro atoms. The van der Waals surface area contributed by atoms with Crippen LogP contribution in [-0.2, 0) is 6.42 Å². The van der Waals surface area contributed by atoms with Gasteiger partial charge in [0.1, 0.15) is 5.82 Å². The summed E-state index contributed by atoms with van der Waals surface area (Å²) in [5.41, 5.74) is 0. The number of H-pyrrole nitrogens is 1. The zero-order valence-electron chi connectivity index (χ0n) is 8.71. The van der Waals surface area contributed by atoms with Gasteiger partial charge in [-0.05, 0) is 19.9 Å². The van der Waals surface area contributed by atoms with Gasteiger partial charge >= 0.3 is 0 Å². The van der Waals surface area contributed by atoms with Crippen LogP contribution in [0.5, 0.6) is 0 Å². The van der Waals surface area contributed by atoms with Gasteiger partial charge in [-0.2, -0.15) is 5.10 Å². The second kappa shape index (κ2) is 4.55. The standard InChI is InChI=1S/C10H18N4/c1-11-7-6-9-12-10(14-13-9)8-4-2-3-5-8/h8,11H,2-7H2,1H3,(H,12,13,14). The zero-order valence-corrected chi connectivity index (χ0v) is 8.71. The highest BCUT2D eigenvalue weighted by Crippen LogP contribution is 2.31. The number of rotatable bonds is 4. The smallest absolute Gasteiger partial charge is 0.153 e. The van der Waals surface area contributed by atoms with Gasteiger partial charge in [-0.25, -0.2) is 4.98 Å². The number of aromatic nitrogens is 3. The third-order valence-electron chi connectivity index (χ3n) is 2.88. The van der Waals surface area contributed by atoms with Gasteiger partial charge in [0.05, 0.1) is 0 Å². The van der Waals surface area contributed by atoms with Crippen LogP contribution in [0.1, 0.15) is 43.3 Å². The normalized spacial score (nSPS) is 17.8. The number of aromatic amines is 1. The van der Waals surface area contributed by atoms with Gasteiger partial charge in [-0.1, -0.05) is 12.8 Å². The summed E-state index contributed by atoms with van der Waals surface area (Å²) in [4.78, 5) is 4.52. The van der Waals surface area contributed by atoms with E-state index in [2.05, 4.69) is 20.5 Å². The van der Waals surface area contributed by atoms with Crippen molar-refractivity contribution in [3.63, 3.8) is 0 Å². The Balaban J connectivity index is 1.94. The van der Waals surface area contributed by atoms with Crippen molar-refractivity contribution in [2.24, 2.45) is 0 Å². The Kier molecular flexibility index (Phi) is 3.14. The molecule has 2 N–H and O–H groups in total. The Morgan fingerprint density at radius 3 is 2.93 bits per heavy atom. The largest absolute Gasteiger partial charge is 0.319 e. The predicted octanol–water partition coefficient (Wildman–Crippen LogP) is 1.22. The molecule has 4 nitrogen and oxygen atoms in total. The molecule has 1 saturated carbocycles. The zero-order chi connectivity index (χ0) is 9.80. The van der Waals surface area contributed by atoms with Crippen molar-refractivity contribution in [1.29, 1.82) is 0 Å². The van der Waals surface area contributed by atoms with Crippen LogP contribution in [0.4, 0.5) is 0 Å². The van der Waals surface area contributed by atoms with Crippen LogP contribution in [0.15, 0.2) is 0 Å². The second-order valence-electron chi connectivity index (χ2n) is 3.98. The Morgan fingerprint density at radius 2 is 2.21 bits per heavy atom. The fourth-order valence-corrected chi connectivity index (χ4v) is 2.03. The lowest BCUT2D eigenvalue weighted by Gasteiger charge is -2.00. The van der Waals surface area contributed by atoms with E-state index >= 15 is 0 Å². The van der Waals surface area contributed by atoms with E-state index in [0.29, 0.717) is 5.92 Å². The van der Waals surface area contributed by atoms with Crippen molar-refractivity contribution in [2.75, 3.05) is 13.6 Å². The predicted molar refractivity (Wildman–Crippen MR) is 55.2 cm³/mol. The molecule has 1 aliphatic rings. The van der Waals surface area contributed by atoms with Crippen LogP contribution in [0, 0.1) is 0 Å². The molecule has 14 heavy (non-hydrogen) atoms. The lowest BCUT2D eigenvalue weighted by molar-refractivity contribution is 0.670. The van der Waals surface area contributed by atoms with E-state index < -0.39 is 0 Å². The fraction of sp³-hybridized carbons (Fsp3) is 0.800. The maximum absolute atomic E-state index is 4.52. The molecule has 2 rings (SSSR count). The van der Waals surface area contributed by atoms with Crippen molar-refractivity contribution >= 4 is 0 Å². The van der Waals surface area contributed by atoms with E-state index in [-0.39, 0.29) is 0 Å². The molecule has 4 heteroatoms. The molecule has 1 aromatic heterocycles. The number of nitrogens with zero attached hydrogens (tertiary/aromatic N) is 2. The molecular formula is C10H18N4. The summed E-state index contributed by atoms with van der Waals surface area (Å²) in [5, 5.41) is 10.4. The Hall–Kier alpha value is -0.900. The molecule has 0 bridgehead atoms. The van der Waals surface area contributed by atoms with Crippen LogP contribution < -0.4 is 5.32 Å². The highest BCUT2D eigenvalue weighted by atomic mass is 15.2. The van der Waals surface area contributed by atoms with Crippen LogP contribution in [-0.4, -0.2) is 28.8 Å². The average molecular weight is 194 g/mol. The Morgan fingerprint density at radius 1 is 1.43 bits per heavy atom. The van der Waals surface area contributed by atoms with Crippen LogP contribution >= 0.6 is 0 Å². The van der Waals surface area contributed by atoms with Crippen molar-refractivity contribution in [2.45, 2.75) is 38.0 Å². The van der Waals surface area contributed by atoms with Gasteiger partial charge in [0.25, 0.3) is 0 Å². The Bertz CT molecular complexity index is 275. The molecule has 1 heterocycles. The summed E-state index contributed by atoms with van der Waals surface area (Å²) in [6.07, 6.45) is 6.15. The van der Waals surface area contributed by atoms with E-state index in [1.165, 1.54) is 25.7 Å². The van der Waals surface area contributed by atoms with Crippen molar-refractivity contribution < 1.29 is 0 Å². The first-order valence-electron chi connectivity index (χ1n) is 5.46. The maximum atomic E-state index is 4.52. The number of nitrogens with one attached hydrogen (secondary N) is 2. The minimum atomic E-state index is 0.620. The van der Waals surface area contributed by atoms with Crippen molar-refractivity contribution in [1.82, 2.24) is 20.5 Å². The molecule has 1 aromatic rings. The summed E-state index contributed by atoms with van der Waals surface area (Å²) in [5.74, 6) is 2.67. The highest BCUT2D eigenvalue weighted by Gasteiger charge is 2.20. The SMILES string of the molecule is CNCCc1nc(C2CCCC2)n[nH]1. The van der Waals surface area contributed by atoms with E-state index in [4.69, 9.17) is 0 Å². The summed E-state index contributed by atoms with van der Waals surface area (Å²) < 4.78 is 0. The number of hydrogen-bond donors (Lipinski definition) is 2. The van der Waals surface area contributed by atoms with Gasteiger partial charge in [-0.3, -0.25) is 5.10 Å². The van der Waals surface area contributed by atoms with E-state index in [0.717, 1.165) is 24.6 Å². The first kappa shape index (κ1) is 9.65. The average Bonchev–Trinajstić information content (AvgIpc) is 2.85. The van der Waals surface area contributed by atoms with Gasteiger partial charge in [0.2, 0.25) is 0 Å². The third kappa shape index (κ3) is 2.12. The molecule has 0 unspecified atom stereocenters. The molecule has 1 aliphatic carbocycles. The molecule has 0 amide bonds. The molecular weight excluding hydrogens is 176 g/mol. The van der Waals surface area contributed by atoms with E-state index in [1.54, 1.807) is 0 Å². The van der Waals surface area contributed by atoms with E-state index in [1.807, 2.05) is 7.05 Å². The summed E-state index contributed by atoms with van der Waals surface area (Å²) >= 11 is 0. The first-order chi connectivity index (χ1) is 6.90. The third-order valence-corrected chi connectivity index (χ3v) is 2.88. The van der Waals surface area contributed by atoms with Gasteiger partial charge in [0, 0.05) is 18.9 Å². The van der Waals surface area contributed by atoms with Crippen LogP contribution in [0.25, 0.3) is 0 Å². The van der Waals surface area contributed by atoms with Crippen molar-refractivity contribution in [3.05, 3.63) is 11.6 Å². The quantitative estimate of drug-likeness (QED) is 0.758. The minimum Gasteiger partial charge on any atom is -0.319 e. The molecule has 78 valence electrons. The molecule has 0 aromatic carbocycles. The first-order valence-corrected chi connectivity index (χ1v) is 5.46. The molecule has 1 fully saturated rings. The second-order valence-corrected chi connectivity index (χ2v) is 3.98. The molecule has 0 radical (unpaired) electrons. The van der Waals surface area contributed by atoms with Gasteiger partial charge in [-0.15, -0.1) is 0 Å². The molecule has 0 saturated heterocycles. The lowest BCUT2D eigenvalue weighted by atomic mass is 10.1. The molecule has 0 atom stereocenters. The number of hydrogen-bond acceptors (Lipinski definition) is 3. The van der Waals surface area contributed by atoms with Crippen LogP contribution in [0.2, 0.25) is 0 Å². The minimum absolute atomic E-state index is 0.620. The van der Waals surface area contributed by atoms with Gasteiger partial charge < -0.3 is 5.32 Å². The van der Waals surface area contributed by atoms with Crippen molar-refractivity contribution in [3.8, 4) is 0 Å². The maximum Gasteiger partial charge on any atom is 0.153 e.